The second-order valence-corrected chi connectivity index (χ2v) is 9.23. The maximum Gasteiger partial charge on any atom is 0.286 e. The third-order valence-electron chi connectivity index (χ3n) is 4.97. The third kappa shape index (κ3) is 8.26. The Kier molecular flexibility index (Phi) is 11.8. The van der Waals surface area contributed by atoms with Crippen LogP contribution in [0, 0.1) is 5.92 Å². The van der Waals surface area contributed by atoms with Crippen LogP contribution in [0.4, 0.5) is 0 Å². The molecule has 0 aliphatic heterocycles. The van der Waals surface area contributed by atoms with Gasteiger partial charge in [0.1, 0.15) is 6.04 Å². The normalized spacial score (nSPS) is 15.9. The molecule has 0 unspecified atom stereocenters. The molecule has 7 nitrogen and oxygen atoms in total. The number of carbonyl (C=O) groups excluding carboxylic acids is 2. The molecule has 1 aromatic heterocycles. The lowest BCUT2D eigenvalue weighted by Gasteiger charge is -2.36. The molecule has 1 N–H and O–H groups in total. The fourth-order valence-electron chi connectivity index (χ4n) is 3.60. The van der Waals surface area contributed by atoms with Crippen LogP contribution >= 0.6 is 24.2 Å². The van der Waals surface area contributed by atoms with Crippen LogP contribution in [0.15, 0.2) is 9.64 Å². The molecule has 0 saturated heterocycles. The van der Waals surface area contributed by atoms with Gasteiger partial charge in [-0.1, -0.05) is 58.7 Å². The zero-order valence-electron chi connectivity index (χ0n) is 17.9. The van der Waals surface area contributed by atoms with Gasteiger partial charge in [-0.2, -0.15) is 0 Å². The van der Waals surface area contributed by atoms with Crippen molar-refractivity contribution in [3.63, 3.8) is 0 Å². The first-order valence-electron chi connectivity index (χ1n) is 10.4. The average Bonchev–Trinajstić information content (AvgIpc) is 3.14. The maximum atomic E-state index is 13.1. The van der Waals surface area contributed by atoms with Gasteiger partial charge in [0.25, 0.3) is 11.1 Å². The molecule has 0 aromatic carbocycles. The van der Waals surface area contributed by atoms with Crippen LogP contribution in [0.3, 0.4) is 0 Å². The van der Waals surface area contributed by atoms with Gasteiger partial charge in [-0.15, -0.1) is 22.6 Å². The maximum absolute atomic E-state index is 13.1. The molecular formula is C20H35ClN4O3S. The molecular weight excluding hydrogens is 412 g/mol. The topological polar surface area (TPSA) is 88.3 Å². The average molecular weight is 447 g/mol. The fraction of sp³-hybridized carbons (Fsp3) is 0.800. The number of aromatic nitrogens is 2. The first-order valence-corrected chi connectivity index (χ1v) is 11.4. The molecule has 0 bridgehead atoms. The molecule has 0 spiro atoms. The fourth-order valence-corrected chi connectivity index (χ4v) is 4.23. The number of Topliss-reactive ketones (excluding diaryl/α,β-unsaturated/α-hetero) is 1. The highest BCUT2D eigenvalue weighted by atomic mass is 35.5. The molecule has 166 valence electrons. The summed E-state index contributed by atoms with van der Waals surface area (Å²) in [5, 5.41) is 11.7. The molecule has 1 fully saturated rings. The van der Waals surface area contributed by atoms with E-state index < -0.39 is 6.04 Å². The standard InChI is InChI=1S/C20H34N4O3S.ClH/c1-14(2)12-17(24(13-25)16-8-6-5-7-9-16)18(26)19-22-23-20(27-19)28-11-10-21-15(3)4;/h13-17,21H,5-12H2,1-4H3;1H/t17-;/m0./s1. The van der Waals surface area contributed by atoms with Gasteiger partial charge in [-0.25, -0.2) is 0 Å². The molecule has 1 saturated carbocycles. The molecule has 9 heteroatoms. The van der Waals surface area contributed by atoms with E-state index in [0.29, 0.717) is 17.7 Å². The Labute approximate surface area is 184 Å². The second-order valence-electron chi connectivity index (χ2n) is 8.18. The molecule has 1 heterocycles. The van der Waals surface area contributed by atoms with Crippen molar-refractivity contribution in [3.8, 4) is 0 Å². The summed E-state index contributed by atoms with van der Waals surface area (Å²) in [5.74, 6) is 0.823. The summed E-state index contributed by atoms with van der Waals surface area (Å²) < 4.78 is 5.62. The van der Waals surface area contributed by atoms with Crippen LogP contribution in [0.25, 0.3) is 0 Å². The first kappa shape index (κ1) is 25.9. The van der Waals surface area contributed by atoms with E-state index in [9.17, 15) is 9.59 Å². The Morgan fingerprint density at radius 2 is 1.93 bits per heavy atom. The van der Waals surface area contributed by atoms with Gasteiger partial charge in [0.05, 0.1) is 0 Å². The molecule has 29 heavy (non-hydrogen) atoms. The minimum absolute atomic E-state index is 0. The summed E-state index contributed by atoms with van der Waals surface area (Å²) in [4.78, 5) is 26.7. The van der Waals surface area contributed by atoms with E-state index in [1.54, 1.807) is 4.90 Å². The Balaban J connectivity index is 0.00000420. The van der Waals surface area contributed by atoms with Crippen LogP contribution in [0.5, 0.6) is 0 Å². The zero-order valence-corrected chi connectivity index (χ0v) is 19.6. The SMILES string of the molecule is CC(C)C[C@@H](C(=O)c1nnc(SCCNC(C)C)o1)N(C=O)C1CCCCC1.Cl. The number of rotatable bonds is 12. The van der Waals surface area contributed by atoms with Crippen molar-refractivity contribution >= 4 is 36.4 Å². The molecule has 1 aliphatic carbocycles. The molecule has 1 aromatic rings. The van der Waals surface area contributed by atoms with Gasteiger partial charge in [0, 0.05) is 24.4 Å². The number of nitrogens with zero attached hydrogens (tertiary/aromatic N) is 3. The minimum Gasteiger partial charge on any atom is -0.408 e. The number of thioether (sulfide) groups is 1. The van der Waals surface area contributed by atoms with Gasteiger partial charge in [0.15, 0.2) is 0 Å². The molecule has 1 atom stereocenters. The number of amides is 1. The van der Waals surface area contributed by atoms with Gasteiger partial charge < -0.3 is 14.6 Å². The molecule has 1 aliphatic rings. The van der Waals surface area contributed by atoms with Gasteiger partial charge >= 0.3 is 0 Å². The van der Waals surface area contributed by atoms with E-state index in [4.69, 9.17) is 4.42 Å². The van der Waals surface area contributed by atoms with E-state index in [1.165, 1.54) is 18.2 Å². The Bertz CT molecular complexity index is 621. The van der Waals surface area contributed by atoms with Crippen LogP contribution in [0.2, 0.25) is 0 Å². The largest absolute Gasteiger partial charge is 0.408 e. The minimum atomic E-state index is -0.540. The predicted octanol–water partition coefficient (Wildman–Crippen LogP) is 3.97. The van der Waals surface area contributed by atoms with Crippen molar-refractivity contribution in [2.75, 3.05) is 12.3 Å². The Morgan fingerprint density at radius 3 is 2.52 bits per heavy atom. The summed E-state index contributed by atoms with van der Waals surface area (Å²) in [6.45, 7) is 9.12. The van der Waals surface area contributed by atoms with Crippen LogP contribution in [-0.2, 0) is 4.79 Å². The zero-order chi connectivity index (χ0) is 20.5. The van der Waals surface area contributed by atoms with E-state index in [2.05, 4.69) is 43.2 Å². The summed E-state index contributed by atoms with van der Waals surface area (Å²) >= 11 is 1.43. The second kappa shape index (κ2) is 13.2. The number of hydrogen-bond acceptors (Lipinski definition) is 7. The van der Waals surface area contributed by atoms with E-state index in [1.807, 2.05) is 0 Å². The highest BCUT2D eigenvalue weighted by molar-refractivity contribution is 7.99. The first-order chi connectivity index (χ1) is 13.4. The predicted molar refractivity (Wildman–Crippen MR) is 118 cm³/mol. The van der Waals surface area contributed by atoms with E-state index in [-0.39, 0.29) is 36.0 Å². The van der Waals surface area contributed by atoms with E-state index >= 15 is 0 Å². The summed E-state index contributed by atoms with van der Waals surface area (Å²) in [6, 6.07) is 0.00524. The lowest BCUT2D eigenvalue weighted by atomic mass is 9.91. The lowest BCUT2D eigenvalue weighted by Crippen LogP contribution is -2.48. The monoisotopic (exact) mass is 446 g/mol. The van der Waals surface area contributed by atoms with Crippen molar-refractivity contribution in [2.24, 2.45) is 5.92 Å². The van der Waals surface area contributed by atoms with Crippen molar-refractivity contribution in [2.45, 2.75) is 89.6 Å². The van der Waals surface area contributed by atoms with Crippen LogP contribution in [0.1, 0.15) is 76.9 Å². The van der Waals surface area contributed by atoms with Gasteiger partial charge in [-0.05, 0) is 25.2 Å². The summed E-state index contributed by atoms with van der Waals surface area (Å²) in [5.41, 5.74) is 0. The van der Waals surface area contributed by atoms with Crippen molar-refractivity contribution in [3.05, 3.63) is 5.89 Å². The highest BCUT2D eigenvalue weighted by Gasteiger charge is 2.35. The molecule has 2 rings (SSSR count). The molecule has 0 radical (unpaired) electrons. The van der Waals surface area contributed by atoms with E-state index in [0.717, 1.165) is 44.4 Å². The number of ketones is 1. The van der Waals surface area contributed by atoms with Gasteiger partial charge in [0.2, 0.25) is 12.2 Å². The number of hydrogen-bond donors (Lipinski definition) is 1. The van der Waals surface area contributed by atoms with Crippen molar-refractivity contribution in [1.29, 1.82) is 0 Å². The number of halogens is 1. The van der Waals surface area contributed by atoms with Gasteiger partial charge in [-0.3, -0.25) is 9.59 Å². The smallest absolute Gasteiger partial charge is 0.286 e. The van der Waals surface area contributed by atoms with Crippen molar-refractivity contribution in [1.82, 2.24) is 20.4 Å². The highest BCUT2D eigenvalue weighted by Crippen LogP contribution is 2.27. The summed E-state index contributed by atoms with van der Waals surface area (Å²) in [7, 11) is 0. The van der Waals surface area contributed by atoms with Crippen LogP contribution < -0.4 is 5.32 Å². The van der Waals surface area contributed by atoms with Crippen molar-refractivity contribution < 1.29 is 14.0 Å². The Morgan fingerprint density at radius 1 is 1.24 bits per heavy atom. The third-order valence-corrected chi connectivity index (χ3v) is 5.79. The Hall–Kier alpha value is -1.12. The number of nitrogens with one attached hydrogen (secondary N) is 1. The number of carbonyl (C=O) groups is 2. The van der Waals surface area contributed by atoms with Crippen LogP contribution in [-0.4, -0.2) is 57.7 Å². The summed E-state index contributed by atoms with van der Waals surface area (Å²) in [6.07, 6.45) is 6.74. The molecule has 1 amide bonds. The quantitative estimate of drug-likeness (QED) is 0.225. The lowest BCUT2D eigenvalue weighted by molar-refractivity contribution is -0.122.